The van der Waals surface area contributed by atoms with Gasteiger partial charge in [0.15, 0.2) is 0 Å². The zero-order valence-electron chi connectivity index (χ0n) is 24.8. The first-order valence-electron chi connectivity index (χ1n) is 14.7. The molecule has 5 atom stereocenters. The van der Waals surface area contributed by atoms with Gasteiger partial charge < -0.3 is 36.2 Å². The molecule has 3 aliphatic heterocycles. The standard InChI is InChI=1S/C29H39N7O8/c1-3-17(2)25-28(43)35-14-19(37)12-21(35)27(42)32-20(11-18-7-5-4-6-8-18)26(41)30-9-10-34(15-22(38)33-25)24(40)16-36-23(39)13-31-29(36)44/h4-8,17,19-21,25,37H,3,9-16H2,1-2H3,(H,30,41)(H,31,44)(H,32,42)(H,33,38)/t17-,19+,20-,21-,25-/m0/s1. The van der Waals surface area contributed by atoms with Crippen LogP contribution in [0.1, 0.15) is 32.3 Å². The van der Waals surface area contributed by atoms with Crippen molar-refractivity contribution in [2.24, 2.45) is 5.92 Å². The minimum atomic E-state index is -1.07. The molecule has 0 aromatic heterocycles. The van der Waals surface area contributed by atoms with Gasteiger partial charge in [-0.2, -0.15) is 0 Å². The molecule has 0 spiro atoms. The van der Waals surface area contributed by atoms with Gasteiger partial charge in [-0.1, -0.05) is 50.6 Å². The second kappa shape index (κ2) is 14.3. The summed E-state index contributed by atoms with van der Waals surface area (Å²) in [6.45, 7) is 1.82. The van der Waals surface area contributed by atoms with Crippen molar-refractivity contribution in [3.05, 3.63) is 35.9 Å². The van der Waals surface area contributed by atoms with Crippen molar-refractivity contribution in [1.82, 2.24) is 36.0 Å². The highest BCUT2D eigenvalue weighted by atomic mass is 16.3. The molecule has 0 bridgehead atoms. The maximum absolute atomic E-state index is 13.8. The highest BCUT2D eigenvalue weighted by Crippen LogP contribution is 2.22. The third-order valence-electron chi connectivity index (χ3n) is 8.17. The molecule has 0 aliphatic carbocycles. The van der Waals surface area contributed by atoms with Gasteiger partial charge in [-0.05, 0) is 11.5 Å². The second-order valence-electron chi connectivity index (χ2n) is 11.3. The summed E-state index contributed by atoms with van der Waals surface area (Å²) in [4.78, 5) is 94.4. The normalized spacial score (nSPS) is 26.2. The van der Waals surface area contributed by atoms with Crippen LogP contribution in [0.15, 0.2) is 30.3 Å². The van der Waals surface area contributed by atoms with Crippen LogP contribution in [0.3, 0.4) is 0 Å². The first-order chi connectivity index (χ1) is 21.0. The van der Waals surface area contributed by atoms with Crippen molar-refractivity contribution in [3.63, 3.8) is 0 Å². The van der Waals surface area contributed by atoms with E-state index in [4.69, 9.17) is 0 Å². The smallest absolute Gasteiger partial charge is 0.325 e. The Morgan fingerprint density at radius 3 is 2.41 bits per heavy atom. The number of hydrogen-bond acceptors (Lipinski definition) is 8. The number of fused-ring (bicyclic) bond motifs is 1. The van der Waals surface area contributed by atoms with Crippen molar-refractivity contribution >= 4 is 41.5 Å². The first-order valence-corrected chi connectivity index (χ1v) is 14.7. The first kappa shape index (κ1) is 32.4. The lowest BCUT2D eigenvalue weighted by molar-refractivity contribution is -0.144. The highest BCUT2D eigenvalue weighted by molar-refractivity contribution is 6.04. The molecule has 15 nitrogen and oxygen atoms in total. The van der Waals surface area contributed by atoms with E-state index in [0.29, 0.717) is 6.42 Å². The predicted octanol–water partition coefficient (Wildman–Crippen LogP) is -2.28. The fourth-order valence-corrected chi connectivity index (χ4v) is 5.47. The number of aliphatic hydroxyl groups excluding tert-OH is 1. The predicted molar refractivity (Wildman–Crippen MR) is 154 cm³/mol. The summed E-state index contributed by atoms with van der Waals surface area (Å²) in [6, 6.07) is 5.08. The number of benzene rings is 1. The van der Waals surface area contributed by atoms with Crippen molar-refractivity contribution in [2.75, 3.05) is 39.3 Å². The Hall–Kier alpha value is -4.53. The van der Waals surface area contributed by atoms with Crippen LogP contribution in [-0.2, 0) is 35.2 Å². The number of nitrogens with one attached hydrogen (secondary N) is 4. The Kier molecular flexibility index (Phi) is 10.5. The van der Waals surface area contributed by atoms with Crippen molar-refractivity contribution in [2.45, 2.75) is 57.3 Å². The molecule has 3 saturated heterocycles. The Labute approximate surface area is 254 Å². The van der Waals surface area contributed by atoms with E-state index in [-0.39, 0.29) is 44.9 Å². The van der Waals surface area contributed by atoms with E-state index in [2.05, 4.69) is 21.3 Å². The van der Waals surface area contributed by atoms with Gasteiger partial charge in [-0.15, -0.1) is 0 Å². The number of urea groups is 1. The zero-order valence-corrected chi connectivity index (χ0v) is 24.8. The van der Waals surface area contributed by atoms with Crippen LogP contribution >= 0.6 is 0 Å². The van der Waals surface area contributed by atoms with E-state index in [9.17, 15) is 38.7 Å². The molecule has 0 unspecified atom stereocenters. The number of hydrogen-bond donors (Lipinski definition) is 5. The third-order valence-corrected chi connectivity index (χ3v) is 8.17. The molecule has 3 fully saturated rings. The summed E-state index contributed by atoms with van der Waals surface area (Å²) in [5.41, 5.74) is 0.766. The highest BCUT2D eigenvalue weighted by Gasteiger charge is 2.43. The Morgan fingerprint density at radius 2 is 1.75 bits per heavy atom. The number of carbonyl (C=O) groups is 7. The Morgan fingerprint density at radius 1 is 1.02 bits per heavy atom. The monoisotopic (exact) mass is 613 g/mol. The molecular formula is C29H39N7O8. The molecule has 238 valence electrons. The topological polar surface area (TPSA) is 198 Å². The van der Waals surface area contributed by atoms with E-state index in [1.54, 1.807) is 31.2 Å². The van der Waals surface area contributed by atoms with Crippen molar-refractivity contribution in [1.29, 1.82) is 0 Å². The molecule has 3 heterocycles. The van der Waals surface area contributed by atoms with Gasteiger partial charge in [0, 0.05) is 32.5 Å². The molecule has 44 heavy (non-hydrogen) atoms. The van der Waals surface area contributed by atoms with E-state index in [1.165, 1.54) is 4.90 Å². The number of imide groups is 1. The van der Waals surface area contributed by atoms with Gasteiger partial charge in [-0.25, -0.2) is 4.79 Å². The summed E-state index contributed by atoms with van der Waals surface area (Å²) < 4.78 is 0. The van der Waals surface area contributed by atoms with Gasteiger partial charge in [-0.3, -0.25) is 33.7 Å². The molecule has 1 aromatic rings. The average molecular weight is 614 g/mol. The summed E-state index contributed by atoms with van der Waals surface area (Å²) in [5, 5.41) is 20.9. The van der Waals surface area contributed by atoms with Gasteiger partial charge in [0.2, 0.25) is 29.5 Å². The third kappa shape index (κ3) is 7.70. The molecule has 15 heteroatoms. The van der Waals surface area contributed by atoms with E-state index < -0.39 is 78.8 Å². The van der Waals surface area contributed by atoms with Gasteiger partial charge in [0.05, 0.1) is 19.2 Å². The van der Waals surface area contributed by atoms with E-state index in [0.717, 1.165) is 15.4 Å². The van der Waals surface area contributed by atoms with Crippen LogP contribution < -0.4 is 21.3 Å². The lowest BCUT2D eigenvalue weighted by Gasteiger charge is -2.32. The molecule has 4 rings (SSSR count). The SMILES string of the molecule is CC[C@H](C)[C@@H]1NC(=O)CN(C(=O)CN2C(=O)CNC2=O)CCNC(=O)[C@H](Cc2ccccc2)NC(=O)[C@@H]2C[C@@H](O)CN2C1=O. The summed E-state index contributed by atoms with van der Waals surface area (Å²) in [7, 11) is 0. The maximum Gasteiger partial charge on any atom is 0.325 e. The fraction of sp³-hybridized carbons (Fsp3) is 0.552. The number of carbonyl (C=O) groups excluding carboxylic acids is 7. The lowest BCUT2D eigenvalue weighted by atomic mass is 9.97. The molecular weight excluding hydrogens is 574 g/mol. The average Bonchev–Trinajstić information content (AvgIpc) is 3.55. The maximum atomic E-state index is 13.8. The summed E-state index contributed by atoms with van der Waals surface area (Å²) in [5.74, 6) is -4.10. The molecule has 0 radical (unpaired) electrons. The molecule has 5 N–H and O–H groups in total. The van der Waals surface area contributed by atoms with Crippen LogP contribution in [0.25, 0.3) is 0 Å². The molecule has 1 aromatic carbocycles. The molecule has 8 amide bonds. The quantitative estimate of drug-likeness (QED) is 0.221. The Balaban J connectivity index is 1.64. The lowest BCUT2D eigenvalue weighted by Crippen LogP contribution is -2.58. The summed E-state index contributed by atoms with van der Waals surface area (Å²) >= 11 is 0. The van der Waals surface area contributed by atoms with Crippen molar-refractivity contribution in [3.8, 4) is 0 Å². The largest absolute Gasteiger partial charge is 0.391 e. The van der Waals surface area contributed by atoms with Crippen LogP contribution in [-0.4, -0.2) is 125 Å². The molecule has 3 aliphatic rings. The van der Waals surface area contributed by atoms with Crippen LogP contribution in [0.2, 0.25) is 0 Å². The van der Waals surface area contributed by atoms with E-state index >= 15 is 0 Å². The second-order valence-corrected chi connectivity index (χ2v) is 11.3. The minimum Gasteiger partial charge on any atom is -0.391 e. The van der Waals surface area contributed by atoms with Crippen LogP contribution in [0.4, 0.5) is 4.79 Å². The summed E-state index contributed by atoms with van der Waals surface area (Å²) in [6.07, 6.45) is -0.395. The fourth-order valence-electron chi connectivity index (χ4n) is 5.47. The number of nitrogens with zero attached hydrogens (tertiary/aromatic N) is 3. The number of rotatable bonds is 6. The van der Waals surface area contributed by atoms with E-state index in [1.807, 2.05) is 13.0 Å². The minimum absolute atomic E-state index is 0.0382. The van der Waals surface area contributed by atoms with Gasteiger partial charge in [0.25, 0.3) is 5.91 Å². The number of amides is 8. The van der Waals surface area contributed by atoms with Crippen molar-refractivity contribution < 1.29 is 38.7 Å². The zero-order chi connectivity index (χ0) is 32.0. The molecule has 0 saturated carbocycles. The van der Waals surface area contributed by atoms with Gasteiger partial charge >= 0.3 is 6.03 Å². The van der Waals surface area contributed by atoms with Gasteiger partial charge in [0.1, 0.15) is 24.7 Å². The van der Waals surface area contributed by atoms with Crippen LogP contribution in [0, 0.1) is 5.92 Å². The number of aliphatic hydroxyl groups is 1. The Bertz CT molecular complexity index is 1280. The van der Waals surface area contributed by atoms with Crippen LogP contribution in [0.5, 0.6) is 0 Å².